The predicted octanol–water partition coefficient (Wildman–Crippen LogP) is 3.18. The normalized spacial score (nSPS) is 15.2. The number of anilines is 1. The second-order valence-corrected chi connectivity index (χ2v) is 5.63. The van der Waals surface area contributed by atoms with E-state index in [4.69, 9.17) is 19.9 Å². The highest BCUT2D eigenvalue weighted by atomic mass is 16.5. The molecule has 5 heteroatoms. The van der Waals surface area contributed by atoms with E-state index in [0.717, 1.165) is 17.7 Å². The quantitative estimate of drug-likeness (QED) is 0.938. The third-order valence-corrected chi connectivity index (χ3v) is 3.33. The standard InChI is InChI=1S/C16H18N2O3/c1-16(2)9-10-5-4-6-12(14(10)21-16)20-15-11(17)7-8-13(18-15)19-3/h4-8H,9,17H2,1-3H3. The van der Waals surface area contributed by atoms with Gasteiger partial charge in [0.05, 0.1) is 12.8 Å². The number of para-hydroxylation sites is 1. The van der Waals surface area contributed by atoms with Crippen LogP contribution in [-0.4, -0.2) is 17.7 Å². The minimum absolute atomic E-state index is 0.227. The molecule has 0 saturated heterocycles. The minimum atomic E-state index is -0.227. The van der Waals surface area contributed by atoms with Crippen LogP contribution >= 0.6 is 0 Å². The largest absolute Gasteiger partial charge is 0.483 e. The molecule has 1 aliphatic rings. The van der Waals surface area contributed by atoms with Crippen LogP contribution in [0, 0.1) is 0 Å². The lowest BCUT2D eigenvalue weighted by atomic mass is 10.0. The van der Waals surface area contributed by atoms with Gasteiger partial charge in [-0.2, -0.15) is 4.98 Å². The molecule has 1 aromatic heterocycles. The Bertz CT molecular complexity index is 683. The lowest BCUT2D eigenvalue weighted by Crippen LogP contribution is -2.24. The molecule has 110 valence electrons. The van der Waals surface area contributed by atoms with Crippen LogP contribution in [0.15, 0.2) is 30.3 Å². The van der Waals surface area contributed by atoms with Crippen molar-refractivity contribution in [2.24, 2.45) is 0 Å². The van der Waals surface area contributed by atoms with Gasteiger partial charge in [-0.1, -0.05) is 12.1 Å². The van der Waals surface area contributed by atoms with E-state index >= 15 is 0 Å². The van der Waals surface area contributed by atoms with Gasteiger partial charge in [0.25, 0.3) is 0 Å². The number of hydrogen-bond donors (Lipinski definition) is 1. The van der Waals surface area contributed by atoms with Crippen LogP contribution in [0.5, 0.6) is 23.3 Å². The summed E-state index contributed by atoms with van der Waals surface area (Å²) < 4.78 is 16.9. The maximum absolute atomic E-state index is 5.97. The van der Waals surface area contributed by atoms with Gasteiger partial charge in [0, 0.05) is 18.1 Å². The third-order valence-electron chi connectivity index (χ3n) is 3.33. The Balaban J connectivity index is 1.96. The highest BCUT2D eigenvalue weighted by Crippen LogP contribution is 2.43. The molecule has 0 amide bonds. The number of nitrogens with two attached hydrogens (primary N) is 1. The zero-order valence-corrected chi connectivity index (χ0v) is 12.3. The Labute approximate surface area is 123 Å². The average Bonchev–Trinajstić information content (AvgIpc) is 2.76. The van der Waals surface area contributed by atoms with Gasteiger partial charge in [0.1, 0.15) is 5.60 Å². The van der Waals surface area contributed by atoms with Crippen LogP contribution in [0.1, 0.15) is 19.4 Å². The van der Waals surface area contributed by atoms with Gasteiger partial charge >= 0.3 is 0 Å². The molecule has 21 heavy (non-hydrogen) atoms. The number of nitrogen functional groups attached to an aromatic ring is 1. The van der Waals surface area contributed by atoms with Crippen molar-refractivity contribution < 1.29 is 14.2 Å². The van der Waals surface area contributed by atoms with Crippen LogP contribution in [0.2, 0.25) is 0 Å². The van der Waals surface area contributed by atoms with Crippen molar-refractivity contribution in [2.75, 3.05) is 12.8 Å². The Kier molecular flexibility index (Phi) is 3.12. The van der Waals surface area contributed by atoms with E-state index in [9.17, 15) is 0 Å². The molecule has 0 aliphatic carbocycles. The van der Waals surface area contributed by atoms with E-state index in [0.29, 0.717) is 23.2 Å². The van der Waals surface area contributed by atoms with Gasteiger partial charge in [-0.15, -0.1) is 0 Å². The summed E-state index contributed by atoms with van der Waals surface area (Å²) in [4.78, 5) is 4.22. The van der Waals surface area contributed by atoms with Gasteiger partial charge in [-0.25, -0.2) is 0 Å². The first-order valence-corrected chi connectivity index (χ1v) is 6.78. The number of hydrogen-bond acceptors (Lipinski definition) is 5. The smallest absolute Gasteiger partial charge is 0.246 e. The molecule has 2 heterocycles. The van der Waals surface area contributed by atoms with Crippen molar-refractivity contribution >= 4 is 5.69 Å². The molecular formula is C16H18N2O3. The van der Waals surface area contributed by atoms with Gasteiger partial charge in [0.2, 0.25) is 11.8 Å². The van der Waals surface area contributed by atoms with E-state index in [-0.39, 0.29) is 5.60 Å². The maximum atomic E-state index is 5.97. The molecule has 1 aliphatic heterocycles. The Morgan fingerprint density at radius 2 is 2.05 bits per heavy atom. The van der Waals surface area contributed by atoms with Crippen LogP contribution < -0.4 is 19.9 Å². The zero-order chi connectivity index (χ0) is 15.0. The molecule has 0 unspecified atom stereocenters. The topological polar surface area (TPSA) is 66.6 Å². The summed E-state index contributed by atoms with van der Waals surface area (Å²) >= 11 is 0. The SMILES string of the molecule is COc1ccc(N)c(Oc2cccc3c2OC(C)(C)C3)n1. The fourth-order valence-electron chi connectivity index (χ4n) is 2.40. The molecule has 0 spiro atoms. The van der Waals surface area contributed by atoms with Crippen LogP contribution in [0.4, 0.5) is 5.69 Å². The summed E-state index contributed by atoms with van der Waals surface area (Å²) in [6, 6.07) is 9.22. The summed E-state index contributed by atoms with van der Waals surface area (Å²) in [5, 5.41) is 0. The first kappa shape index (κ1) is 13.5. The first-order valence-electron chi connectivity index (χ1n) is 6.78. The van der Waals surface area contributed by atoms with Crippen molar-refractivity contribution in [1.29, 1.82) is 0 Å². The molecule has 3 rings (SSSR count). The third kappa shape index (κ3) is 2.59. The van der Waals surface area contributed by atoms with E-state index in [1.54, 1.807) is 19.2 Å². The number of pyridine rings is 1. The van der Waals surface area contributed by atoms with Crippen molar-refractivity contribution in [3.63, 3.8) is 0 Å². The van der Waals surface area contributed by atoms with E-state index in [2.05, 4.69) is 18.8 Å². The molecule has 0 radical (unpaired) electrons. The lowest BCUT2D eigenvalue weighted by molar-refractivity contribution is 0.135. The monoisotopic (exact) mass is 286 g/mol. The molecular weight excluding hydrogens is 268 g/mol. The minimum Gasteiger partial charge on any atom is -0.483 e. The van der Waals surface area contributed by atoms with Crippen LogP contribution in [0.3, 0.4) is 0 Å². The molecule has 2 aromatic rings. The number of rotatable bonds is 3. The number of nitrogens with zero attached hydrogens (tertiary/aromatic N) is 1. The molecule has 5 nitrogen and oxygen atoms in total. The fourth-order valence-corrected chi connectivity index (χ4v) is 2.40. The van der Waals surface area contributed by atoms with Crippen molar-refractivity contribution in [1.82, 2.24) is 4.98 Å². The molecule has 0 bridgehead atoms. The summed E-state index contributed by atoms with van der Waals surface area (Å²) in [5.74, 6) is 2.14. The summed E-state index contributed by atoms with van der Waals surface area (Å²) in [7, 11) is 1.55. The molecule has 0 saturated carbocycles. The average molecular weight is 286 g/mol. The van der Waals surface area contributed by atoms with E-state index in [1.807, 2.05) is 18.2 Å². The van der Waals surface area contributed by atoms with E-state index in [1.165, 1.54) is 0 Å². The van der Waals surface area contributed by atoms with E-state index < -0.39 is 0 Å². The molecule has 0 atom stereocenters. The number of ether oxygens (including phenoxy) is 3. The highest BCUT2D eigenvalue weighted by molar-refractivity contribution is 5.55. The Morgan fingerprint density at radius 3 is 2.81 bits per heavy atom. The highest BCUT2D eigenvalue weighted by Gasteiger charge is 2.32. The number of methoxy groups -OCH3 is 1. The Morgan fingerprint density at radius 1 is 1.24 bits per heavy atom. The molecule has 2 N–H and O–H groups in total. The number of aromatic nitrogens is 1. The summed E-state index contributed by atoms with van der Waals surface area (Å²) in [6.45, 7) is 4.10. The fraction of sp³-hybridized carbons (Fsp3) is 0.312. The number of benzene rings is 1. The second kappa shape index (κ2) is 4.84. The number of fused-ring (bicyclic) bond motifs is 1. The van der Waals surface area contributed by atoms with Gasteiger partial charge in [-0.3, -0.25) is 0 Å². The zero-order valence-electron chi connectivity index (χ0n) is 12.3. The van der Waals surface area contributed by atoms with Gasteiger partial charge in [0.15, 0.2) is 11.5 Å². The van der Waals surface area contributed by atoms with Crippen molar-refractivity contribution in [3.05, 3.63) is 35.9 Å². The van der Waals surface area contributed by atoms with Crippen LogP contribution in [0.25, 0.3) is 0 Å². The predicted molar refractivity (Wildman–Crippen MR) is 80.1 cm³/mol. The molecule has 0 fully saturated rings. The lowest BCUT2D eigenvalue weighted by Gasteiger charge is -2.18. The maximum Gasteiger partial charge on any atom is 0.246 e. The van der Waals surface area contributed by atoms with Crippen molar-refractivity contribution in [3.8, 4) is 23.3 Å². The van der Waals surface area contributed by atoms with Gasteiger partial charge in [-0.05, 0) is 26.0 Å². The summed E-state index contributed by atoms with van der Waals surface area (Å²) in [5.41, 5.74) is 7.25. The first-order chi connectivity index (χ1) is 9.98. The second-order valence-electron chi connectivity index (χ2n) is 5.63. The van der Waals surface area contributed by atoms with Crippen LogP contribution in [-0.2, 0) is 6.42 Å². The Hall–Kier alpha value is -2.43. The van der Waals surface area contributed by atoms with Crippen molar-refractivity contribution in [2.45, 2.75) is 25.9 Å². The summed E-state index contributed by atoms with van der Waals surface area (Å²) in [6.07, 6.45) is 0.848. The van der Waals surface area contributed by atoms with Gasteiger partial charge < -0.3 is 19.9 Å². The molecule has 1 aromatic carbocycles.